The number of hydrogen-bond donors (Lipinski definition) is 1. The number of nitrogens with zero attached hydrogens (tertiary/aromatic N) is 4. The third-order valence-electron chi connectivity index (χ3n) is 4.39. The molecule has 0 bridgehead atoms. The molecule has 3 rings (SSSR count). The van der Waals surface area contributed by atoms with Gasteiger partial charge >= 0.3 is 6.18 Å². The Morgan fingerprint density at radius 1 is 1.21 bits per heavy atom. The van der Waals surface area contributed by atoms with Gasteiger partial charge in [0.25, 0.3) is 0 Å². The van der Waals surface area contributed by atoms with E-state index >= 15 is 0 Å². The van der Waals surface area contributed by atoms with Gasteiger partial charge in [-0.05, 0) is 17.7 Å². The molecule has 0 atom stereocenters. The molecule has 156 valence electrons. The number of aromatic nitrogens is 2. The van der Waals surface area contributed by atoms with Crippen molar-refractivity contribution < 1.29 is 22.7 Å². The van der Waals surface area contributed by atoms with Crippen LogP contribution in [0.1, 0.15) is 11.1 Å². The molecule has 29 heavy (non-hydrogen) atoms. The van der Waals surface area contributed by atoms with E-state index < -0.39 is 11.7 Å². The average molecular weight is 409 g/mol. The molecule has 1 saturated heterocycles. The molecule has 0 saturated carbocycles. The molecule has 0 aliphatic carbocycles. The van der Waals surface area contributed by atoms with Gasteiger partial charge in [0.05, 0.1) is 31.4 Å². The largest absolute Gasteiger partial charge is 0.416 e. The van der Waals surface area contributed by atoms with E-state index in [2.05, 4.69) is 15.3 Å². The number of carbonyl (C=O) groups is 1. The van der Waals surface area contributed by atoms with Crippen LogP contribution in [0.4, 0.5) is 30.6 Å². The molecular formula is C19H22F3N5O2. The maximum Gasteiger partial charge on any atom is 0.416 e. The molecule has 1 N–H and O–H groups in total. The van der Waals surface area contributed by atoms with Gasteiger partial charge in [-0.25, -0.2) is 4.98 Å². The average Bonchev–Trinajstić information content (AvgIpc) is 2.68. The molecule has 1 aromatic carbocycles. The van der Waals surface area contributed by atoms with E-state index in [1.54, 1.807) is 19.0 Å². The van der Waals surface area contributed by atoms with Gasteiger partial charge in [-0.2, -0.15) is 18.2 Å². The summed E-state index contributed by atoms with van der Waals surface area (Å²) in [7, 11) is 3.61. The minimum absolute atomic E-state index is 0.0593. The van der Waals surface area contributed by atoms with Gasteiger partial charge in [0, 0.05) is 27.2 Å². The van der Waals surface area contributed by atoms with Crippen molar-refractivity contribution in [1.82, 2.24) is 9.97 Å². The van der Waals surface area contributed by atoms with Gasteiger partial charge < -0.3 is 19.9 Å². The van der Waals surface area contributed by atoms with Crippen LogP contribution in [0.3, 0.4) is 0 Å². The minimum atomic E-state index is -4.40. The van der Waals surface area contributed by atoms with Crippen LogP contribution in [0.2, 0.25) is 0 Å². The number of benzene rings is 1. The first-order valence-electron chi connectivity index (χ1n) is 9.07. The molecule has 7 nitrogen and oxygen atoms in total. The van der Waals surface area contributed by atoms with Crippen LogP contribution in [0.15, 0.2) is 30.5 Å². The summed E-state index contributed by atoms with van der Waals surface area (Å²) in [5.74, 6) is 0.732. The number of hydrogen-bond acceptors (Lipinski definition) is 6. The standard InChI is InChI=1S/C19H22F3N5O2/c1-26(2)17-15(12-23-18(25-17)27-7-9-29-10-8-27)24-16(28)11-13-3-5-14(6-4-13)19(20,21)22/h3-6,12H,7-11H2,1-2H3,(H,24,28). The van der Waals surface area contributed by atoms with Crippen LogP contribution in [0.5, 0.6) is 0 Å². The van der Waals surface area contributed by atoms with Gasteiger partial charge in [-0.3, -0.25) is 4.79 Å². The van der Waals surface area contributed by atoms with Crippen LogP contribution in [-0.4, -0.2) is 56.3 Å². The minimum Gasteiger partial charge on any atom is -0.378 e. The van der Waals surface area contributed by atoms with E-state index in [0.717, 1.165) is 12.1 Å². The Morgan fingerprint density at radius 2 is 1.86 bits per heavy atom. The lowest BCUT2D eigenvalue weighted by Crippen LogP contribution is -2.37. The molecular weight excluding hydrogens is 387 g/mol. The van der Waals surface area contributed by atoms with Gasteiger partial charge in [-0.1, -0.05) is 12.1 Å². The lowest BCUT2D eigenvalue weighted by Gasteiger charge is -2.28. The van der Waals surface area contributed by atoms with Crippen LogP contribution < -0.4 is 15.1 Å². The summed E-state index contributed by atoms with van der Waals surface area (Å²) < 4.78 is 43.3. The summed E-state index contributed by atoms with van der Waals surface area (Å²) >= 11 is 0. The smallest absolute Gasteiger partial charge is 0.378 e. The van der Waals surface area contributed by atoms with Crippen LogP contribution in [-0.2, 0) is 22.1 Å². The Bertz CT molecular complexity index is 850. The second-order valence-corrected chi connectivity index (χ2v) is 6.82. The molecule has 0 unspecified atom stereocenters. The van der Waals surface area contributed by atoms with E-state index in [1.807, 2.05) is 4.90 Å². The molecule has 1 aliphatic heterocycles. The number of amides is 1. The zero-order valence-electron chi connectivity index (χ0n) is 16.2. The number of ether oxygens (including phenoxy) is 1. The third kappa shape index (κ3) is 5.35. The number of anilines is 3. The van der Waals surface area contributed by atoms with Crippen molar-refractivity contribution in [3.8, 4) is 0 Å². The number of nitrogens with one attached hydrogen (secondary N) is 1. The molecule has 1 fully saturated rings. The first kappa shape index (κ1) is 20.8. The van der Waals surface area contributed by atoms with Crippen molar-refractivity contribution in [3.05, 3.63) is 41.6 Å². The Morgan fingerprint density at radius 3 is 2.45 bits per heavy atom. The second kappa shape index (κ2) is 8.64. The fourth-order valence-corrected chi connectivity index (χ4v) is 2.90. The van der Waals surface area contributed by atoms with Gasteiger partial charge in [0.2, 0.25) is 11.9 Å². The maximum absolute atomic E-state index is 12.6. The highest BCUT2D eigenvalue weighted by Crippen LogP contribution is 2.29. The molecule has 1 aliphatic rings. The third-order valence-corrected chi connectivity index (χ3v) is 4.39. The molecule has 10 heteroatoms. The second-order valence-electron chi connectivity index (χ2n) is 6.82. The van der Waals surface area contributed by atoms with Gasteiger partial charge in [0.15, 0.2) is 5.82 Å². The molecule has 1 aromatic heterocycles. The predicted octanol–water partition coefficient (Wildman–Crippen LogP) is 2.58. The highest BCUT2D eigenvalue weighted by atomic mass is 19.4. The lowest BCUT2D eigenvalue weighted by atomic mass is 10.1. The predicted molar refractivity (Wildman–Crippen MR) is 103 cm³/mol. The van der Waals surface area contributed by atoms with Crippen LogP contribution in [0, 0.1) is 0 Å². The summed E-state index contributed by atoms with van der Waals surface area (Å²) in [5.41, 5.74) is 0.167. The number of carbonyl (C=O) groups excluding carboxylic acids is 1. The van der Waals surface area contributed by atoms with Crippen molar-refractivity contribution in [3.63, 3.8) is 0 Å². The highest BCUT2D eigenvalue weighted by Gasteiger charge is 2.30. The van der Waals surface area contributed by atoms with E-state index in [4.69, 9.17) is 4.74 Å². The fraction of sp³-hybridized carbons (Fsp3) is 0.421. The summed E-state index contributed by atoms with van der Waals surface area (Å²) in [4.78, 5) is 25.0. The molecule has 2 aromatic rings. The number of morpholine rings is 1. The summed E-state index contributed by atoms with van der Waals surface area (Å²) in [6.45, 7) is 2.58. The normalized spacial score (nSPS) is 14.6. The summed E-state index contributed by atoms with van der Waals surface area (Å²) in [5, 5.41) is 2.74. The van der Waals surface area contributed by atoms with Crippen LogP contribution in [0.25, 0.3) is 0 Å². The Hall–Kier alpha value is -2.88. The zero-order valence-corrected chi connectivity index (χ0v) is 16.2. The number of alkyl halides is 3. The quantitative estimate of drug-likeness (QED) is 0.819. The monoisotopic (exact) mass is 409 g/mol. The Labute approximate surface area is 166 Å². The van der Waals surface area contributed by atoms with Gasteiger partial charge in [-0.15, -0.1) is 0 Å². The van der Waals surface area contributed by atoms with Crippen molar-refractivity contribution in [2.45, 2.75) is 12.6 Å². The number of rotatable bonds is 5. The SMILES string of the molecule is CN(C)c1nc(N2CCOCC2)ncc1NC(=O)Cc1ccc(C(F)(F)F)cc1. The van der Waals surface area contributed by atoms with Crippen molar-refractivity contribution in [2.24, 2.45) is 0 Å². The molecule has 2 heterocycles. The topological polar surface area (TPSA) is 70.6 Å². The van der Waals surface area contributed by atoms with E-state index in [-0.39, 0.29) is 12.3 Å². The van der Waals surface area contributed by atoms with Crippen LogP contribution >= 0.6 is 0 Å². The van der Waals surface area contributed by atoms with Crippen molar-refractivity contribution in [1.29, 1.82) is 0 Å². The fourth-order valence-electron chi connectivity index (χ4n) is 2.90. The maximum atomic E-state index is 12.6. The summed E-state index contributed by atoms with van der Waals surface area (Å²) in [6, 6.07) is 4.53. The molecule has 0 radical (unpaired) electrons. The summed E-state index contributed by atoms with van der Waals surface area (Å²) in [6.07, 6.45) is -2.92. The first-order chi connectivity index (χ1) is 13.7. The molecule has 0 spiro atoms. The lowest BCUT2D eigenvalue weighted by molar-refractivity contribution is -0.137. The Balaban J connectivity index is 1.70. The van der Waals surface area contributed by atoms with Gasteiger partial charge in [0.1, 0.15) is 5.69 Å². The first-order valence-corrected chi connectivity index (χ1v) is 9.07. The van der Waals surface area contributed by atoms with E-state index in [1.165, 1.54) is 18.3 Å². The number of halogens is 3. The van der Waals surface area contributed by atoms with Crippen molar-refractivity contribution in [2.75, 3.05) is 55.5 Å². The zero-order chi connectivity index (χ0) is 21.0. The highest BCUT2D eigenvalue weighted by molar-refractivity contribution is 5.94. The van der Waals surface area contributed by atoms with E-state index in [9.17, 15) is 18.0 Å². The van der Waals surface area contributed by atoms with Crippen molar-refractivity contribution >= 4 is 23.4 Å². The molecule has 1 amide bonds. The Kier molecular flexibility index (Phi) is 6.21. The van der Waals surface area contributed by atoms with E-state index in [0.29, 0.717) is 49.3 Å².